The number of hydrogen-bond acceptors (Lipinski definition) is 3. The van der Waals surface area contributed by atoms with E-state index < -0.39 is 10.1 Å². The Morgan fingerprint density at radius 3 is 2.80 bits per heavy atom. The van der Waals surface area contributed by atoms with Crippen LogP contribution in [0.1, 0.15) is 52.9 Å². The third-order valence-electron chi connectivity index (χ3n) is 5.55. The SMILES string of the molecule is CC1=CCC[C@@]2(C)CC[C@@H]([C@H](C)COS(C)(=O)=O)C[C@H]12. The zero-order valence-corrected chi connectivity index (χ0v) is 14.0. The van der Waals surface area contributed by atoms with Gasteiger partial charge in [0.15, 0.2) is 0 Å². The minimum atomic E-state index is -3.32. The van der Waals surface area contributed by atoms with Crippen molar-refractivity contribution in [2.75, 3.05) is 12.9 Å². The van der Waals surface area contributed by atoms with Crippen LogP contribution in [0.4, 0.5) is 0 Å². The third-order valence-corrected chi connectivity index (χ3v) is 6.11. The van der Waals surface area contributed by atoms with E-state index in [2.05, 4.69) is 26.8 Å². The summed E-state index contributed by atoms with van der Waals surface area (Å²) in [4.78, 5) is 0. The van der Waals surface area contributed by atoms with Crippen LogP contribution in [0.2, 0.25) is 0 Å². The molecule has 0 aromatic heterocycles. The zero-order valence-electron chi connectivity index (χ0n) is 13.2. The van der Waals surface area contributed by atoms with E-state index in [1.807, 2.05) is 0 Å². The normalized spacial score (nSPS) is 36.1. The maximum atomic E-state index is 11.1. The van der Waals surface area contributed by atoms with Crippen LogP contribution in [0, 0.1) is 23.2 Å². The molecule has 3 nitrogen and oxygen atoms in total. The van der Waals surface area contributed by atoms with Crippen LogP contribution in [-0.2, 0) is 14.3 Å². The van der Waals surface area contributed by atoms with E-state index in [4.69, 9.17) is 4.18 Å². The van der Waals surface area contributed by atoms with Gasteiger partial charge in [-0.1, -0.05) is 25.5 Å². The van der Waals surface area contributed by atoms with Crippen molar-refractivity contribution >= 4 is 10.1 Å². The number of fused-ring (bicyclic) bond motifs is 1. The molecule has 0 N–H and O–H groups in total. The van der Waals surface area contributed by atoms with Gasteiger partial charge in [0.05, 0.1) is 12.9 Å². The smallest absolute Gasteiger partial charge is 0.264 e. The lowest BCUT2D eigenvalue weighted by Gasteiger charge is -2.48. The fourth-order valence-electron chi connectivity index (χ4n) is 4.08. The van der Waals surface area contributed by atoms with Gasteiger partial charge in [0.1, 0.15) is 0 Å². The highest BCUT2D eigenvalue weighted by Gasteiger charge is 2.42. The maximum Gasteiger partial charge on any atom is 0.264 e. The molecule has 20 heavy (non-hydrogen) atoms. The average Bonchev–Trinajstić information content (AvgIpc) is 2.35. The lowest BCUT2D eigenvalue weighted by Crippen LogP contribution is -2.39. The minimum Gasteiger partial charge on any atom is -0.270 e. The molecule has 1 saturated carbocycles. The van der Waals surface area contributed by atoms with Gasteiger partial charge in [-0.2, -0.15) is 8.42 Å². The first-order valence-electron chi connectivity index (χ1n) is 7.72. The van der Waals surface area contributed by atoms with Crippen molar-refractivity contribution in [1.29, 1.82) is 0 Å². The fourth-order valence-corrected chi connectivity index (χ4v) is 4.55. The second-order valence-electron chi connectivity index (χ2n) is 7.19. The molecule has 0 aliphatic heterocycles. The molecule has 0 unspecified atom stereocenters. The van der Waals surface area contributed by atoms with E-state index in [0.29, 0.717) is 29.8 Å². The van der Waals surface area contributed by atoms with Gasteiger partial charge in [0.25, 0.3) is 10.1 Å². The van der Waals surface area contributed by atoms with Crippen molar-refractivity contribution in [1.82, 2.24) is 0 Å². The molecule has 0 saturated heterocycles. The van der Waals surface area contributed by atoms with Crippen LogP contribution >= 0.6 is 0 Å². The highest BCUT2D eigenvalue weighted by molar-refractivity contribution is 7.85. The Balaban J connectivity index is 1.99. The molecule has 0 heterocycles. The molecule has 0 radical (unpaired) electrons. The predicted octanol–water partition coefficient (Wildman–Crippen LogP) is 3.76. The quantitative estimate of drug-likeness (QED) is 0.586. The first-order chi connectivity index (χ1) is 9.21. The summed E-state index contributed by atoms with van der Waals surface area (Å²) in [5.74, 6) is 1.57. The molecular weight excluding hydrogens is 272 g/mol. The van der Waals surface area contributed by atoms with Crippen molar-refractivity contribution in [3.63, 3.8) is 0 Å². The monoisotopic (exact) mass is 300 g/mol. The highest BCUT2D eigenvalue weighted by Crippen LogP contribution is 2.53. The summed E-state index contributed by atoms with van der Waals surface area (Å²) in [5, 5.41) is 0. The molecule has 4 heteroatoms. The Morgan fingerprint density at radius 1 is 1.45 bits per heavy atom. The van der Waals surface area contributed by atoms with Gasteiger partial charge >= 0.3 is 0 Å². The molecule has 4 atom stereocenters. The van der Waals surface area contributed by atoms with Crippen molar-refractivity contribution in [2.45, 2.75) is 52.9 Å². The van der Waals surface area contributed by atoms with E-state index in [-0.39, 0.29) is 0 Å². The van der Waals surface area contributed by atoms with E-state index >= 15 is 0 Å². The van der Waals surface area contributed by atoms with Gasteiger partial charge in [-0.25, -0.2) is 0 Å². The van der Waals surface area contributed by atoms with Crippen LogP contribution < -0.4 is 0 Å². The van der Waals surface area contributed by atoms with E-state index in [0.717, 1.165) is 6.26 Å². The van der Waals surface area contributed by atoms with Crippen LogP contribution in [0.3, 0.4) is 0 Å². The van der Waals surface area contributed by atoms with Gasteiger partial charge in [-0.3, -0.25) is 4.18 Å². The van der Waals surface area contributed by atoms with E-state index in [1.54, 1.807) is 5.57 Å². The Kier molecular flexibility index (Phi) is 4.65. The lowest BCUT2D eigenvalue weighted by molar-refractivity contribution is 0.0561. The number of rotatable bonds is 4. The summed E-state index contributed by atoms with van der Waals surface area (Å²) in [5.41, 5.74) is 2.01. The first kappa shape index (κ1) is 16.0. The Labute approximate surface area is 123 Å². The van der Waals surface area contributed by atoms with Gasteiger partial charge in [-0.15, -0.1) is 0 Å². The van der Waals surface area contributed by atoms with Gasteiger partial charge in [0.2, 0.25) is 0 Å². The minimum absolute atomic E-state index is 0.309. The maximum absolute atomic E-state index is 11.1. The molecule has 0 aromatic carbocycles. The number of hydrogen-bond donors (Lipinski definition) is 0. The summed E-state index contributed by atoms with van der Waals surface area (Å²) in [6.45, 7) is 7.15. The third kappa shape index (κ3) is 3.64. The van der Waals surface area contributed by atoms with Gasteiger partial charge in [-0.05, 0) is 62.2 Å². The topological polar surface area (TPSA) is 43.4 Å². The van der Waals surface area contributed by atoms with Crippen molar-refractivity contribution in [2.24, 2.45) is 23.2 Å². The summed E-state index contributed by atoms with van der Waals surface area (Å²) >= 11 is 0. The second kappa shape index (κ2) is 5.80. The van der Waals surface area contributed by atoms with Crippen LogP contribution in [0.15, 0.2) is 11.6 Å². The Bertz CT molecular complexity index is 480. The molecule has 2 aliphatic rings. The van der Waals surface area contributed by atoms with Gasteiger partial charge < -0.3 is 0 Å². The average molecular weight is 300 g/mol. The Hall–Kier alpha value is -0.350. The summed E-state index contributed by atoms with van der Waals surface area (Å²) in [6.07, 6.45) is 9.70. The summed E-state index contributed by atoms with van der Waals surface area (Å²) < 4.78 is 27.2. The van der Waals surface area contributed by atoms with Crippen LogP contribution in [-0.4, -0.2) is 21.3 Å². The van der Waals surface area contributed by atoms with E-state index in [1.165, 1.54) is 32.1 Å². The number of allylic oxidation sites excluding steroid dienone is 2. The van der Waals surface area contributed by atoms with E-state index in [9.17, 15) is 8.42 Å². The molecule has 0 amide bonds. The van der Waals surface area contributed by atoms with Crippen LogP contribution in [0.25, 0.3) is 0 Å². The summed E-state index contributed by atoms with van der Waals surface area (Å²) in [7, 11) is -3.32. The molecule has 116 valence electrons. The lowest BCUT2D eigenvalue weighted by atomic mass is 9.57. The molecule has 1 fully saturated rings. The molecule has 0 aromatic rings. The largest absolute Gasteiger partial charge is 0.270 e. The standard InChI is InChI=1S/C16H28O3S/c1-12-6-5-8-16(3)9-7-14(10-15(12)16)13(2)11-19-20(4,17)18/h6,13-15H,5,7-11H2,1-4H3/t13-,14-,15-,16+/m1/s1. The first-order valence-corrected chi connectivity index (χ1v) is 9.54. The second-order valence-corrected chi connectivity index (χ2v) is 8.84. The molecule has 2 rings (SSSR count). The summed E-state index contributed by atoms with van der Waals surface area (Å²) in [6, 6.07) is 0. The Morgan fingerprint density at radius 2 is 2.15 bits per heavy atom. The molecule has 2 aliphatic carbocycles. The predicted molar refractivity (Wildman–Crippen MR) is 81.9 cm³/mol. The van der Waals surface area contributed by atoms with Crippen molar-refractivity contribution in [3.05, 3.63) is 11.6 Å². The van der Waals surface area contributed by atoms with Crippen LogP contribution in [0.5, 0.6) is 0 Å². The fraction of sp³-hybridized carbons (Fsp3) is 0.875. The van der Waals surface area contributed by atoms with Crippen molar-refractivity contribution in [3.8, 4) is 0 Å². The highest BCUT2D eigenvalue weighted by atomic mass is 32.2. The van der Waals surface area contributed by atoms with Gasteiger partial charge in [0, 0.05) is 0 Å². The van der Waals surface area contributed by atoms with Crippen molar-refractivity contribution < 1.29 is 12.6 Å². The zero-order chi connectivity index (χ0) is 15.0. The molecule has 0 bridgehead atoms. The molecule has 0 spiro atoms. The molecular formula is C16H28O3S.